The number of aromatic nitrogens is 3. The minimum atomic E-state index is 0.499. The molecule has 0 aliphatic rings. The molecule has 0 bridgehead atoms. The molecule has 0 amide bonds. The molecule has 0 saturated heterocycles. The van der Waals surface area contributed by atoms with Crippen molar-refractivity contribution < 1.29 is 4.74 Å². The first-order valence-electron chi connectivity index (χ1n) is 6.39. The Morgan fingerprint density at radius 3 is 2.40 bits per heavy atom. The summed E-state index contributed by atoms with van der Waals surface area (Å²) < 4.78 is 5.43. The third-order valence-corrected chi connectivity index (χ3v) is 2.86. The van der Waals surface area contributed by atoms with E-state index >= 15 is 0 Å². The van der Waals surface area contributed by atoms with Crippen molar-refractivity contribution in [3.8, 4) is 17.1 Å². The topological polar surface area (TPSA) is 73.9 Å². The van der Waals surface area contributed by atoms with E-state index in [9.17, 15) is 0 Å². The number of fused-ring (bicyclic) bond motifs is 1. The lowest BCUT2D eigenvalue weighted by Crippen LogP contribution is -2.10. The Morgan fingerprint density at radius 1 is 0.900 bits per heavy atom. The molecular formula is C15H14N4O. The molecule has 0 saturated carbocycles. The second kappa shape index (κ2) is 5.63. The van der Waals surface area contributed by atoms with Crippen LogP contribution in [-0.2, 0) is 0 Å². The third kappa shape index (κ3) is 2.57. The molecule has 0 fully saturated rings. The van der Waals surface area contributed by atoms with Crippen molar-refractivity contribution in [1.82, 2.24) is 15.2 Å². The number of rotatable bonds is 4. The molecule has 0 atom stereocenters. The monoisotopic (exact) mass is 266 g/mol. The Morgan fingerprint density at radius 2 is 1.65 bits per heavy atom. The van der Waals surface area contributed by atoms with Gasteiger partial charge in [-0.2, -0.15) is 0 Å². The van der Waals surface area contributed by atoms with Crippen LogP contribution in [0, 0.1) is 0 Å². The van der Waals surface area contributed by atoms with E-state index in [1.807, 2.05) is 48.5 Å². The second-order valence-corrected chi connectivity index (χ2v) is 4.29. The van der Waals surface area contributed by atoms with Crippen LogP contribution in [-0.4, -0.2) is 28.3 Å². The van der Waals surface area contributed by atoms with E-state index in [2.05, 4.69) is 15.2 Å². The predicted molar refractivity (Wildman–Crippen MR) is 77.3 cm³/mol. The summed E-state index contributed by atoms with van der Waals surface area (Å²) in [6.45, 7) is 1.01. The quantitative estimate of drug-likeness (QED) is 0.782. The van der Waals surface area contributed by atoms with E-state index in [0.717, 1.165) is 22.3 Å². The molecule has 3 aromatic rings. The van der Waals surface area contributed by atoms with Gasteiger partial charge in [0.05, 0.1) is 5.52 Å². The lowest BCUT2D eigenvalue weighted by atomic mass is 10.2. The van der Waals surface area contributed by atoms with E-state index in [-0.39, 0.29) is 0 Å². The molecule has 2 aromatic carbocycles. The molecule has 2 N–H and O–H groups in total. The van der Waals surface area contributed by atoms with Crippen LogP contribution < -0.4 is 10.5 Å². The number of para-hydroxylation sites is 1. The van der Waals surface area contributed by atoms with Gasteiger partial charge >= 0.3 is 0 Å². The van der Waals surface area contributed by atoms with Crippen LogP contribution in [0.4, 0.5) is 0 Å². The van der Waals surface area contributed by atoms with Crippen molar-refractivity contribution in [1.29, 1.82) is 0 Å². The van der Waals surface area contributed by atoms with E-state index in [4.69, 9.17) is 10.5 Å². The molecule has 100 valence electrons. The standard InChI is InChI=1S/C15H14N4O/c16-9-10-20-12-7-5-11(6-8-12)15-17-13-3-1-2-4-14(13)18-19-15/h1-8H,9-10,16H2. The number of hydrogen-bond donors (Lipinski definition) is 1. The molecule has 5 nitrogen and oxygen atoms in total. The summed E-state index contributed by atoms with van der Waals surface area (Å²) in [5.41, 5.74) is 7.93. The zero-order valence-electron chi connectivity index (χ0n) is 10.9. The summed E-state index contributed by atoms with van der Waals surface area (Å²) in [6, 6.07) is 15.3. The molecule has 1 heterocycles. The van der Waals surface area contributed by atoms with Crippen LogP contribution in [0.15, 0.2) is 48.5 Å². The molecule has 20 heavy (non-hydrogen) atoms. The zero-order chi connectivity index (χ0) is 13.8. The van der Waals surface area contributed by atoms with Gasteiger partial charge < -0.3 is 10.5 Å². The number of benzene rings is 2. The van der Waals surface area contributed by atoms with E-state index in [0.29, 0.717) is 19.0 Å². The summed E-state index contributed by atoms with van der Waals surface area (Å²) in [5.74, 6) is 1.39. The Labute approximate surface area is 116 Å². The molecule has 3 rings (SSSR count). The lowest BCUT2D eigenvalue weighted by Gasteiger charge is -2.05. The molecule has 0 radical (unpaired) electrons. The summed E-state index contributed by atoms with van der Waals surface area (Å²) >= 11 is 0. The van der Waals surface area contributed by atoms with Crippen molar-refractivity contribution in [3.63, 3.8) is 0 Å². The van der Waals surface area contributed by atoms with E-state index in [1.165, 1.54) is 0 Å². The highest BCUT2D eigenvalue weighted by Crippen LogP contribution is 2.20. The number of nitrogens with zero attached hydrogens (tertiary/aromatic N) is 3. The van der Waals surface area contributed by atoms with Gasteiger partial charge in [0.15, 0.2) is 5.82 Å². The van der Waals surface area contributed by atoms with Crippen molar-refractivity contribution >= 4 is 11.0 Å². The smallest absolute Gasteiger partial charge is 0.182 e. The Kier molecular flexibility index (Phi) is 3.52. The van der Waals surface area contributed by atoms with Crippen molar-refractivity contribution in [3.05, 3.63) is 48.5 Å². The largest absolute Gasteiger partial charge is 0.492 e. The molecule has 1 aromatic heterocycles. The predicted octanol–water partition coefficient (Wildman–Crippen LogP) is 2.03. The average molecular weight is 266 g/mol. The van der Waals surface area contributed by atoms with Crippen molar-refractivity contribution in [2.75, 3.05) is 13.2 Å². The average Bonchev–Trinajstić information content (AvgIpc) is 2.53. The zero-order valence-corrected chi connectivity index (χ0v) is 10.9. The molecular weight excluding hydrogens is 252 g/mol. The lowest BCUT2D eigenvalue weighted by molar-refractivity contribution is 0.328. The van der Waals surface area contributed by atoms with Gasteiger partial charge in [-0.05, 0) is 36.4 Å². The first-order valence-corrected chi connectivity index (χ1v) is 6.39. The molecule has 0 aliphatic heterocycles. The number of hydrogen-bond acceptors (Lipinski definition) is 5. The van der Waals surface area contributed by atoms with Gasteiger partial charge in [0, 0.05) is 12.1 Å². The normalized spacial score (nSPS) is 10.7. The molecule has 0 unspecified atom stereocenters. The van der Waals surface area contributed by atoms with Gasteiger partial charge in [-0.15, -0.1) is 10.2 Å². The fourth-order valence-electron chi connectivity index (χ4n) is 1.88. The molecule has 0 aliphatic carbocycles. The first-order chi connectivity index (χ1) is 9.86. The van der Waals surface area contributed by atoms with Gasteiger partial charge in [-0.1, -0.05) is 12.1 Å². The summed E-state index contributed by atoms with van der Waals surface area (Å²) in [6.07, 6.45) is 0. The van der Waals surface area contributed by atoms with Gasteiger partial charge in [0.25, 0.3) is 0 Å². The van der Waals surface area contributed by atoms with Gasteiger partial charge in [-0.25, -0.2) is 4.98 Å². The summed E-state index contributed by atoms with van der Waals surface area (Å²) in [4.78, 5) is 4.50. The van der Waals surface area contributed by atoms with Crippen molar-refractivity contribution in [2.24, 2.45) is 5.73 Å². The summed E-state index contributed by atoms with van der Waals surface area (Å²) in [5, 5.41) is 8.32. The second-order valence-electron chi connectivity index (χ2n) is 4.29. The highest BCUT2D eigenvalue weighted by atomic mass is 16.5. The van der Waals surface area contributed by atoms with Crippen LogP contribution in [0.3, 0.4) is 0 Å². The fraction of sp³-hybridized carbons (Fsp3) is 0.133. The number of nitrogens with two attached hydrogens (primary N) is 1. The first kappa shape index (κ1) is 12.5. The van der Waals surface area contributed by atoms with Gasteiger partial charge in [-0.3, -0.25) is 0 Å². The van der Waals surface area contributed by atoms with Crippen molar-refractivity contribution in [2.45, 2.75) is 0 Å². The Balaban J connectivity index is 1.90. The maximum Gasteiger partial charge on any atom is 0.182 e. The minimum absolute atomic E-state index is 0.499. The van der Waals surface area contributed by atoms with Crippen LogP contribution in [0.2, 0.25) is 0 Å². The van der Waals surface area contributed by atoms with Crippen LogP contribution in [0.5, 0.6) is 5.75 Å². The maximum absolute atomic E-state index is 5.43. The highest BCUT2D eigenvalue weighted by molar-refractivity contribution is 5.75. The third-order valence-electron chi connectivity index (χ3n) is 2.86. The molecule has 0 spiro atoms. The van der Waals surface area contributed by atoms with Gasteiger partial charge in [0.2, 0.25) is 0 Å². The Hall–Kier alpha value is -2.53. The minimum Gasteiger partial charge on any atom is -0.492 e. The highest BCUT2D eigenvalue weighted by Gasteiger charge is 2.04. The van der Waals surface area contributed by atoms with Crippen LogP contribution >= 0.6 is 0 Å². The van der Waals surface area contributed by atoms with Gasteiger partial charge in [0.1, 0.15) is 17.9 Å². The summed E-state index contributed by atoms with van der Waals surface area (Å²) in [7, 11) is 0. The maximum atomic E-state index is 5.43. The van der Waals surface area contributed by atoms with E-state index in [1.54, 1.807) is 0 Å². The Bertz CT molecular complexity index is 712. The SMILES string of the molecule is NCCOc1ccc(-c2nnc3ccccc3n2)cc1. The fourth-order valence-corrected chi connectivity index (χ4v) is 1.88. The van der Waals surface area contributed by atoms with E-state index < -0.39 is 0 Å². The molecule has 5 heteroatoms. The number of ether oxygens (including phenoxy) is 1. The van der Waals surface area contributed by atoms with Crippen LogP contribution in [0.1, 0.15) is 0 Å². The van der Waals surface area contributed by atoms with Crippen LogP contribution in [0.25, 0.3) is 22.4 Å².